The summed E-state index contributed by atoms with van der Waals surface area (Å²) in [5.74, 6) is 0.402. The number of halogens is 3. The molecular formula is C20H27F3O2. The molecule has 4 aliphatic carbocycles. The lowest BCUT2D eigenvalue weighted by atomic mass is 9.49. The highest BCUT2D eigenvalue weighted by Crippen LogP contribution is 2.64. The number of ketones is 1. The molecule has 4 rings (SSSR count). The number of hydrogen-bond acceptors (Lipinski definition) is 2. The van der Waals surface area contributed by atoms with Crippen LogP contribution in [0.3, 0.4) is 0 Å². The molecule has 7 atom stereocenters. The first kappa shape index (κ1) is 17.6. The number of aliphatic hydroxyl groups excluding tert-OH is 1. The van der Waals surface area contributed by atoms with E-state index in [9.17, 15) is 23.1 Å². The van der Waals surface area contributed by atoms with Gasteiger partial charge in [0.2, 0.25) is 0 Å². The summed E-state index contributed by atoms with van der Waals surface area (Å²) >= 11 is 0. The molecule has 2 nitrogen and oxygen atoms in total. The van der Waals surface area contributed by atoms with E-state index in [1.807, 2.05) is 0 Å². The van der Waals surface area contributed by atoms with Crippen LogP contribution in [0.4, 0.5) is 13.2 Å². The Morgan fingerprint density at radius 3 is 2.72 bits per heavy atom. The highest BCUT2D eigenvalue weighted by Gasteiger charge is 2.59. The number of fused-ring (bicyclic) bond motifs is 5. The summed E-state index contributed by atoms with van der Waals surface area (Å²) in [5.41, 5.74) is 0.755. The van der Waals surface area contributed by atoms with E-state index in [-0.39, 0.29) is 41.0 Å². The maximum Gasteiger partial charge on any atom is 0.389 e. The van der Waals surface area contributed by atoms with Crippen molar-refractivity contribution in [2.75, 3.05) is 0 Å². The number of carbonyl (C=O) groups excluding carboxylic acids is 1. The Balaban J connectivity index is 1.71. The number of alkyl halides is 3. The molecule has 3 saturated carbocycles. The number of allylic oxidation sites excluding steroid dienone is 1. The van der Waals surface area contributed by atoms with Crippen LogP contribution in [-0.4, -0.2) is 23.2 Å². The van der Waals surface area contributed by atoms with Crippen molar-refractivity contribution in [3.05, 3.63) is 11.6 Å². The summed E-state index contributed by atoms with van der Waals surface area (Å²) in [7, 11) is 0. The van der Waals surface area contributed by atoms with Gasteiger partial charge in [0.25, 0.3) is 0 Å². The summed E-state index contributed by atoms with van der Waals surface area (Å²) in [6.45, 7) is 2.09. The van der Waals surface area contributed by atoms with Gasteiger partial charge in [0, 0.05) is 12.8 Å². The van der Waals surface area contributed by atoms with Crippen LogP contribution in [0.25, 0.3) is 0 Å². The molecule has 4 aliphatic rings. The Morgan fingerprint density at radius 1 is 1.24 bits per heavy atom. The largest absolute Gasteiger partial charge is 0.393 e. The van der Waals surface area contributed by atoms with Crippen LogP contribution in [0.1, 0.15) is 58.3 Å². The first-order valence-electron chi connectivity index (χ1n) is 9.67. The van der Waals surface area contributed by atoms with Gasteiger partial charge in [0.05, 0.1) is 6.10 Å². The minimum absolute atomic E-state index is 0.0351. The second kappa shape index (κ2) is 5.83. The standard InChI is InChI=1S/C20H27F3O2/c1-19-7-6-15-14-3-2-13(24)9-11(14)8-12(10-20(21,22)23)18(15)16(19)4-5-17(19)25/h9,12,14-18,25H,2-8,10H2,1H3/t12-,14-,15+,16-,17-,18+,19-/m0/s1. The Bertz CT molecular complexity index is 596. The molecule has 5 heteroatoms. The SMILES string of the molecule is C[C@]12CC[C@H]3[C@@H]([C@H](CC(F)(F)F)CC4=CC(=O)CC[C@@H]43)[C@@H]1CC[C@@H]2O. The van der Waals surface area contributed by atoms with Gasteiger partial charge in [-0.05, 0) is 79.6 Å². The number of hydrogen-bond donors (Lipinski definition) is 1. The van der Waals surface area contributed by atoms with Crippen molar-refractivity contribution in [1.82, 2.24) is 0 Å². The van der Waals surface area contributed by atoms with Gasteiger partial charge in [0.1, 0.15) is 0 Å². The summed E-state index contributed by atoms with van der Waals surface area (Å²) in [6.07, 6.45) is 1.45. The van der Waals surface area contributed by atoms with Crippen LogP contribution in [0.15, 0.2) is 11.6 Å². The zero-order valence-corrected chi connectivity index (χ0v) is 14.7. The van der Waals surface area contributed by atoms with E-state index < -0.39 is 18.5 Å². The molecule has 0 radical (unpaired) electrons. The van der Waals surface area contributed by atoms with Gasteiger partial charge in [-0.1, -0.05) is 12.5 Å². The Labute approximate surface area is 146 Å². The fourth-order valence-corrected chi connectivity index (χ4v) is 6.86. The van der Waals surface area contributed by atoms with E-state index in [0.717, 1.165) is 37.7 Å². The lowest BCUT2D eigenvalue weighted by Crippen LogP contribution is -2.51. The average Bonchev–Trinajstić information content (AvgIpc) is 2.81. The molecule has 0 aromatic heterocycles. The van der Waals surface area contributed by atoms with Crippen LogP contribution in [0.2, 0.25) is 0 Å². The number of rotatable bonds is 1. The minimum Gasteiger partial charge on any atom is -0.393 e. The molecule has 3 fully saturated rings. The minimum atomic E-state index is -4.17. The second-order valence-corrected chi connectivity index (χ2v) is 9.10. The average molecular weight is 356 g/mol. The van der Waals surface area contributed by atoms with Crippen molar-refractivity contribution in [3.63, 3.8) is 0 Å². The van der Waals surface area contributed by atoms with Gasteiger partial charge in [-0.2, -0.15) is 13.2 Å². The third-order valence-electron chi connectivity index (χ3n) is 7.91. The Kier molecular flexibility index (Phi) is 4.10. The zero-order chi connectivity index (χ0) is 18.0. The summed E-state index contributed by atoms with van der Waals surface area (Å²) in [5, 5.41) is 10.5. The number of carbonyl (C=O) groups is 1. The maximum atomic E-state index is 13.3. The van der Waals surface area contributed by atoms with Gasteiger partial charge in [-0.15, -0.1) is 0 Å². The maximum absolute atomic E-state index is 13.3. The van der Waals surface area contributed by atoms with Crippen LogP contribution in [0, 0.1) is 35.0 Å². The Morgan fingerprint density at radius 2 is 2.00 bits per heavy atom. The highest BCUT2D eigenvalue weighted by atomic mass is 19.4. The van der Waals surface area contributed by atoms with Crippen molar-refractivity contribution in [1.29, 1.82) is 0 Å². The van der Waals surface area contributed by atoms with Crippen LogP contribution in [0.5, 0.6) is 0 Å². The first-order chi connectivity index (χ1) is 11.7. The fourth-order valence-electron chi connectivity index (χ4n) is 6.86. The molecule has 0 aromatic rings. The molecule has 0 unspecified atom stereocenters. The van der Waals surface area contributed by atoms with Crippen LogP contribution in [-0.2, 0) is 4.79 Å². The molecule has 1 N–H and O–H groups in total. The lowest BCUT2D eigenvalue weighted by Gasteiger charge is -2.56. The normalized spacial score (nSPS) is 46.9. The summed E-state index contributed by atoms with van der Waals surface area (Å²) in [4.78, 5) is 11.8. The van der Waals surface area contributed by atoms with E-state index in [2.05, 4.69) is 6.92 Å². The van der Waals surface area contributed by atoms with Crippen molar-refractivity contribution >= 4 is 5.78 Å². The summed E-state index contributed by atoms with van der Waals surface area (Å²) in [6, 6.07) is 0. The third-order valence-corrected chi connectivity index (χ3v) is 7.91. The van der Waals surface area contributed by atoms with Crippen molar-refractivity contribution in [2.45, 2.75) is 70.6 Å². The van der Waals surface area contributed by atoms with Crippen molar-refractivity contribution in [3.8, 4) is 0 Å². The van der Waals surface area contributed by atoms with E-state index in [0.29, 0.717) is 12.8 Å². The van der Waals surface area contributed by atoms with Gasteiger partial charge in [-0.3, -0.25) is 4.79 Å². The van der Waals surface area contributed by atoms with Gasteiger partial charge in [-0.25, -0.2) is 0 Å². The third kappa shape index (κ3) is 2.87. The van der Waals surface area contributed by atoms with Crippen LogP contribution < -0.4 is 0 Å². The molecule has 0 aliphatic heterocycles. The van der Waals surface area contributed by atoms with Crippen molar-refractivity contribution < 1.29 is 23.1 Å². The molecule has 0 bridgehead atoms. The van der Waals surface area contributed by atoms with E-state index >= 15 is 0 Å². The molecule has 0 heterocycles. The molecule has 25 heavy (non-hydrogen) atoms. The molecule has 0 saturated heterocycles. The number of aliphatic hydroxyl groups is 1. The molecule has 140 valence electrons. The van der Waals surface area contributed by atoms with E-state index in [4.69, 9.17) is 0 Å². The first-order valence-corrected chi connectivity index (χ1v) is 9.67. The molecular weight excluding hydrogens is 329 g/mol. The lowest BCUT2D eigenvalue weighted by molar-refractivity contribution is -0.164. The predicted molar refractivity (Wildman–Crippen MR) is 87.6 cm³/mol. The van der Waals surface area contributed by atoms with E-state index in [1.54, 1.807) is 6.08 Å². The smallest absolute Gasteiger partial charge is 0.389 e. The molecule has 0 aromatic carbocycles. The highest BCUT2D eigenvalue weighted by molar-refractivity contribution is 5.91. The van der Waals surface area contributed by atoms with Crippen molar-refractivity contribution in [2.24, 2.45) is 35.0 Å². The monoisotopic (exact) mass is 356 g/mol. The van der Waals surface area contributed by atoms with Gasteiger partial charge < -0.3 is 5.11 Å². The van der Waals surface area contributed by atoms with Gasteiger partial charge in [0.15, 0.2) is 5.78 Å². The van der Waals surface area contributed by atoms with Crippen LogP contribution >= 0.6 is 0 Å². The van der Waals surface area contributed by atoms with Gasteiger partial charge >= 0.3 is 6.18 Å². The Hall–Kier alpha value is -0.840. The molecule has 0 spiro atoms. The zero-order valence-electron chi connectivity index (χ0n) is 14.7. The van der Waals surface area contributed by atoms with E-state index in [1.165, 1.54) is 0 Å². The predicted octanol–water partition coefficient (Wildman–Crippen LogP) is 4.67. The molecule has 0 amide bonds. The summed E-state index contributed by atoms with van der Waals surface area (Å²) < 4.78 is 39.8. The topological polar surface area (TPSA) is 37.3 Å². The second-order valence-electron chi connectivity index (χ2n) is 9.10. The quantitative estimate of drug-likeness (QED) is 0.741. The fraction of sp³-hybridized carbons (Fsp3) is 0.850.